The molecule has 0 aromatic heterocycles. The molecule has 5 nitrogen and oxygen atoms in total. The average molecular weight is 392 g/mol. The zero-order valence-electron chi connectivity index (χ0n) is 13.7. The summed E-state index contributed by atoms with van der Waals surface area (Å²) in [4.78, 5) is 15.3. The number of methoxy groups -OCH3 is 1. The van der Waals surface area contributed by atoms with Crippen molar-refractivity contribution in [2.24, 2.45) is 0 Å². The number of hydrogen-bond acceptors (Lipinski definition) is 4. The highest BCUT2D eigenvalue weighted by Gasteiger charge is 2.40. The number of anilines is 2. The highest BCUT2D eigenvalue weighted by Crippen LogP contribution is 2.60. The number of fused-ring (bicyclic) bond motifs is 4. The number of phenols is 1. The van der Waals surface area contributed by atoms with E-state index < -0.39 is 7.45 Å². The van der Waals surface area contributed by atoms with E-state index >= 15 is 0 Å². The molecule has 130 valence electrons. The molecular weight excluding hydrogens is 373 g/mol. The van der Waals surface area contributed by atoms with E-state index in [4.69, 9.17) is 4.74 Å². The minimum Gasteiger partial charge on any atom is -0.504 e. The Labute approximate surface area is 152 Å². The van der Waals surface area contributed by atoms with Gasteiger partial charge in [0.1, 0.15) is 0 Å². The van der Waals surface area contributed by atoms with E-state index in [2.05, 4.69) is 28.6 Å². The zero-order chi connectivity index (χ0) is 17.7. The third-order valence-corrected chi connectivity index (χ3v) is 7.37. The predicted octanol–water partition coefficient (Wildman–Crippen LogP) is 3.77. The SMILES string of the molecule is COc1cc2c(cc1O)N(P(P)P)C[C@@H]1Cc3ccccc3N1C2=O. The molecule has 1 N–H and O–H groups in total. The van der Waals surface area contributed by atoms with Crippen LogP contribution in [0.25, 0.3) is 0 Å². The van der Waals surface area contributed by atoms with Crippen LogP contribution in [-0.4, -0.2) is 30.7 Å². The van der Waals surface area contributed by atoms with Crippen molar-refractivity contribution in [1.82, 2.24) is 0 Å². The van der Waals surface area contributed by atoms with Crippen LogP contribution in [0.2, 0.25) is 0 Å². The molecule has 3 atom stereocenters. The van der Waals surface area contributed by atoms with Crippen LogP contribution in [-0.2, 0) is 6.42 Å². The van der Waals surface area contributed by atoms with Crippen LogP contribution in [0.5, 0.6) is 11.5 Å². The van der Waals surface area contributed by atoms with Gasteiger partial charge in [0.2, 0.25) is 0 Å². The monoisotopic (exact) mass is 392 g/mol. The second-order valence-electron chi connectivity index (χ2n) is 6.17. The lowest BCUT2D eigenvalue weighted by Crippen LogP contribution is -2.40. The molecule has 2 aliphatic heterocycles. The van der Waals surface area contributed by atoms with E-state index in [0.29, 0.717) is 11.3 Å². The first-order chi connectivity index (χ1) is 12.0. The Morgan fingerprint density at radius 1 is 1.24 bits per heavy atom. The van der Waals surface area contributed by atoms with Crippen molar-refractivity contribution in [3.05, 3.63) is 47.5 Å². The van der Waals surface area contributed by atoms with Gasteiger partial charge >= 0.3 is 0 Å². The second kappa shape index (κ2) is 6.40. The van der Waals surface area contributed by atoms with Gasteiger partial charge in [0.05, 0.1) is 24.4 Å². The number of carbonyl (C=O) groups excluding carboxylic acids is 1. The minimum absolute atomic E-state index is 0.0439. The number of nitrogens with zero attached hydrogens (tertiary/aromatic N) is 2. The number of carbonyl (C=O) groups is 1. The standard InChI is InChI=1S/C17H19N2O3P3/c1-22-16-7-12-14(8-15(16)20)18(25(23)24)9-11-6-10-4-2-3-5-13(10)19(11)17(12)21/h2-5,7-8,11,20H,6,9,23-24H2,1H3/t11-/m0/s1. The predicted molar refractivity (Wildman–Crippen MR) is 109 cm³/mol. The first-order valence-electron chi connectivity index (χ1n) is 7.90. The van der Waals surface area contributed by atoms with E-state index in [9.17, 15) is 9.90 Å². The normalized spacial score (nSPS) is 18.7. The van der Waals surface area contributed by atoms with Crippen LogP contribution < -0.4 is 14.3 Å². The van der Waals surface area contributed by atoms with E-state index in [1.807, 2.05) is 23.1 Å². The molecule has 2 aromatic rings. The molecule has 25 heavy (non-hydrogen) atoms. The number of benzene rings is 2. The van der Waals surface area contributed by atoms with Gasteiger partial charge in [-0.25, -0.2) is 0 Å². The van der Waals surface area contributed by atoms with Gasteiger partial charge in [0.15, 0.2) is 11.5 Å². The summed E-state index contributed by atoms with van der Waals surface area (Å²) in [5.74, 6) is 0.320. The number of phenolic OH excluding ortho intramolecular Hbond substituents is 1. The maximum Gasteiger partial charge on any atom is 0.260 e. The van der Waals surface area contributed by atoms with Gasteiger partial charge in [-0.3, -0.25) is 4.79 Å². The van der Waals surface area contributed by atoms with Crippen molar-refractivity contribution in [3.8, 4) is 11.5 Å². The number of rotatable bonds is 2. The maximum absolute atomic E-state index is 13.4. The lowest BCUT2D eigenvalue weighted by atomic mass is 10.1. The molecule has 4 rings (SSSR count). The fraction of sp³-hybridized carbons (Fsp3) is 0.235. The summed E-state index contributed by atoms with van der Waals surface area (Å²) in [5.41, 5.74) is 3.50. The Morgan fingerprint density at radius 3 is 2.72 bits per heavy atom. The smallest absolute Gasteiger partial charge is 0.260 e. The second-order valence-corrected chi connectivity index (χ2v) is 12.4. The Hall–Kier alpha value is -1.40. The zero-order valence-corrected chi connectivity index (χ0v) is 16.9. The molecule has 2 aromatic carbocycles. The van der Waals surface area contributed by atoms with Gasteiger partial charge < -0.3 is 19.4 Å². The molecule has 0 saturated heterocycles. The third kappa shape index (κ3) is 2.70. The lowest BCUT2D eigenvalue weighted by molar-refractivity contribution is 0.0983. The summed E-state index contributed by atoms with van der Waals surface area (Å²) in [7, 11) is 6.49. The summed E-state index contributed by atoms with van der Waals surface area (Å²) >= 11 is 0. The van der Waals surface area contributed by atoms with E-state index in [0.717, 1.165) is 24.3 Å². The average Bonchev–Trinajstić information content (AvgIpc) is 2.91. The molecule has 0 saturated carbocycles. The molecule has 0 bridgehead atoms. The third-order valence-electron chi connectivity index (χ3n) is 4.76. The molecule has 2 aliphatic rings. The summed E-state index contributed by atoms with van der Waals surface area (Å²) in [6.45, 7) is 0.720. The highest BCUT2D eigenvalue weighted by atomic mass is 32.4. The Morgan fingerprint density at radius 2 is 2.00 bits per heavy atom. The molecule has 0 spiro atoms. The van der Waals surface area contributed by atoms with E-state index in [1.54, 1.807) is 12.1 Å². The van der Waals surface area contributed by atoms with Gasteiger partial charge in [-0.15, -0.1) is 0 Å². The highest BCUT2D eigenvalue weighted by molar-refractivity contribution is 8.43. The van der Waals surface area contributed by atoms with Crippen LogP contribution in [0.1, 0.15) is 15.9 Å². The summed E-state index contributed by atoms with van der Waals surface area (Å²) in [6.07, 6.45) is 0.841. The van der Waals surface area contributed by atoms with Crippen LogP contribution in [0.15, 0.2) is 36.4 Å². The quantitative estimate of drug-likeness (QED) is 0.791. The van der Waals surface area contributed by atoms with Crippen molar-refractivity contribution >= 4 is 42.6 Å². The fourth-order valence-corrected chi connectivity index (χ4v) is 5.74. The van der Waals surface area contributed by atoms with Gasteiger partial charge in [0.25, 0.3) is 5.91 Å². The minimum atomic E-state index is -0.631. The Kier molecular flexibility index (Phi) is 4.36. The number of ether oxygens (including phenoxy) is 1. The van der Waals surface area contributed by atoms with Crippen LogP contribution in [0, 0.1) is 0 Å². The van der Waals surface area contributed by atoms with Gasteiger partial charge in [-0.1, -0.05) is 36.1 Å². The van der Waals surface area contributed by atoms with Gasteiger partial charge in [0, 0.05) is 25.7 Å². The number of hydrogen-bond donors (Lipinski definition) is 1. The molecular formula is C17H19N2O3P3. The topological polar surface area (TPSA) is 53.0 Å². The van der Waals surface area contributed by atoms with E-state index in [-0.39, 0.29) is 17.7 Å². The van der Waals surface area contributed by atoms with E-state index in [1.165, 1.54) is 12.7 Å². The van der Waals surface area contributed by atoms with Gasteiger partial charge in [-0.2, -0.15) is 0 Å². The van der Waals surface area contributed by atoms with Crippen molar-refractivity contribution < 1.29 is 14.6 Å². The largest absolute Gasteiger partial charge is 0.504 e. The summed E-state index contributed by atoms with van der Waals surface area (Å²) in [6, 6.07) is 11.4. The fourth-order valence-electron chi connectivity index (χ4n) is 3.63. The number of aromatic hydroxyl groups is 1. The van der Waals surface area contributed by atoms with Crippen LogP contribution in [0.4, 0.5) is 11.4 Å². The van der Waals surface area contributed by atoms with Crippen molar-refractivity contribution in [2.45, 2.75) is 12.5 Å². The van der Waals surface area contributed by atoms with Gasteiger partial charge in [-0.05, 0) is 24.1 Å². The Balaban J connectivity index is 1.91. The van der Waals surface area contributed by atoms with Crippen molar-refractivity contribution in [3.63, 3.8) is 0 Å². The van der Waals surface area contributed by atoms with Crippen molar-refractivity contribution in [2.75, 3.05) is 23.2 Å². The molecule has 2 unspecified atom stereocenters. The summed E-state index contributed by atoms with van der Waals surface area (Å²) < 4.78 is 7.42. The molecule has 1 amide bonds. The summed E-state index contributed by atoms with van der Waals surface area (Å²) in [5, 5.41) is 10.2. The Bertz CT molecular complexity index is 859. The molecule has 2 heterocycles. The van der Waals surface area contributed by atoms with Crippen LogP contribution >= 0.6 is 25.3 Å². The first kappa shape index (κ1) is 17.0. The number of para-hydroxylation sites is 1. The lowest BCUT2D eigenvalue weighted by Gasteiger charge is -2.30. The molecule has 0 fully saturated rings. The molecule has 0 radical (unpaired) electrons. The van der Waals surface area contributed by atoms with Crippen molar-refractivity contribution in [1.29, 1.82) is 0 Å². The maximum atomic E-state index is 13.4. The molecule has 8 heteroatoms. The number of amides is 1. The van der Waals surface area contributed by atoms with Crippen LogP contribution in [0.3, 0.4) is 0 Å². The molecule has 0 aliphatic carbocycles. The first-order valence-corrected chi connectivity index (χ1v) is 12.4.